The zero-order valence-electron chi connectivity index (χ0n) is 19.8. The average molecular weight is 520 g/mol. The van der Waals surface area contributed by atoms with Crippen LogP contribution in [0, 0.1) is 6.07 Å². The van der Waals surface area contributed by atoms with E-state index in [4.69, 9.17) is 37.1 Å². The monoisotopic (exact) mass is 519 g/mol. The molecule has 0 aromatic heterocycles. The molecule has 2 rings (SSSR count). The van der Waals surface area contributed by atoms with Crippen LogP contribution in [0.25, 0.3) is 0 Å². The van der Waals surface area contributed by atoms with Crippen molar-refractivity contribution in [2.45, 2.75) is 0 Å². The second-order valence-electron chi connectivity index (χ2n) is 6.45. The Morgan fingerprint density at radius 3 is 1.80 bits per heavy atom. The summed E-state index contributed by atoms with van der Waals surface area (Å²) >= 11 is 0. The smallest absolute Gasteiger partial charge is 0.394 e. The molecule has 2 aromatic carbocycles. The second kappa shape index (κ2) is 22.7. The molecule has 0 fully saturated rings. The van der Waals surface area contributed by atoms with Crippen molar-refractivity contribution in [3.63, 3.8) is 0 Å². The molecule has 0 spiro atoms. The maximum Gasteiger partial charge on any atom is 1.00 e. The average Bonchev–Trinajstić information content (AvgIpc) is 2.84. The van der Waals surface area contributed by atoms with Gasteiger partial charge in [0.15, 0.2) is 0 Å². The van der Waals surface area contributed by atoms with Crippen LogP contribution in [0.3, 0.4) is 0 Å². The van der Waals surface area contributed by atoms with E-state index in [1.807, 2.05) is 42.5 Å². The molecule has 0 heterocycles. The van der Waals surface area contributed by atoms with E-state index < -0.39 is 10.6 Å². The molecule has 11 nitrogen and oxygen atoms in total. The van der Waals surface area contributed by atoms with Crippen molar-refractivity contribution >= 4 is 27.7 Å². The molecule has 0 saturated heterocycles. The van der Waals surface area contributed by atoms with Crippen LogP contribution in [-0.4, -0.2) is 88.8 Å². The van der Waals surface area contributed by atoms with E-state index in [1.54, 1.807) is 6.07 Å². The Morgan fingerprint density at radius 1 is 0.771 bits per heavy atom. The van der Waals surface area contributed by atoms with Gasteiger partial charge in [-0.15, -0.1) is 18.7 Å². The first kappa shape index (κ1) is 33.3. The summed E-state index contributed by atoms with van der Waals surface area (Å²) in [5.74, 6) is 0. The molecule has 0 aliphatic rings. The molecule has 0 bridgehead atoms. The van der Waals surface area contributed by atoms with Crippen LogP contribution in [0.2, 0.25) is 0 Å². The van der Waals surface area contributed by atoms with Crippen molar-refractivity contribution < 1.29 is 66.6 Å². The molecule has 2 aromatic rings. The van der Waals surface area contributed by atoms with Gasteiger partial charge in [-0.3, -0.25) is 0 Å². The summed E-state index contributed by atoms with van der Waals surface area (Å²) in [7, 11) is -3.11. The van der Waals surface area contributed by atoms with Crippen LogP contribution >= 0.6 is 0 Å². The van der Waals surface area contributed by atoms with Crippen molar-refractivity contribution in [1.82, 2.24) is 0 Å². The van der Waals surface area contributed by atoms with Crippen molar-refractivity contribution in [3.8, 4) is 0 Å². The van der Waals surface area contributed by atoms with Gasteiger partial charge in [-0.05, 0) is 30.0 Å². The summed E-state index contributed by atoms with van der Waals surface area (Å²) < 4.78 is 41.5. The van der Waals surface area contributed by atoms with E-state index in [0.29, 0.717) is 52.7 Å². The summed E-state index contributed by atoms with van der Waals surface area (Å²) in [5, 5.41) is 26.0. The van der Waals surface area contributed by atoms with Crippen LogP contribution in [0.4, 0.5) is 17.1 Å². The Labute approximate surface area is 229 Å². The standard InChI is InChI=1S/C22H30N3O5.Na.O3S/c26-12-16-28-14-10-25(11-15-29-18-19-30-17-13-27)22-8-6-21(7-9-22)24-23-20-4-2-1-3-5-20;;1-4(2)3/h1-2,4-9,26-27H,10-19H2;;/q-1;+1;. The zero-order valence-corrected chi connectivity index (χ0v) is 22.6. The third-order valence-corrected chi connectivity index (χ3v) is 4.04. The Balaban J connectivity index is 0.00000214. The van der Waals surface area contributed by atoms with E-state index >= 15 is 0 Å². The minimum atomic E-state index is -3.11. The molecule has 0 atom stereocenters. The number of ether oxygens (including phenoxy) is 3. The summed E-state index contributed by atoms with van der Waals surface area (Å²) in [4.78, 5) is 2.15. The Morgan fingerprint density at radius 2 is 1.29 bits per heavy atom. The number of rotatable bonds is 16. The van der Waals surface area contributed by atoms with E-state index in [9.17, 15) is 0 Å². The molecule has 188 valence electrons. The van der Waals surface area contributed by atoms with Gasteiger partial charge >= 0.3 is 40.2 Å². The minimum Gasteiger partial charge on any atom is -0.394 e. The van der Waals surface area contributed by atoms with Gasteiger partial charge in [0, 0.05) is 18.8 Å². The first-order valence-electron chi connectivity index (χ1n) is 10.5. The van der Waals surface area contributed by atoms with Gasteiger partial charge in [0.25, 0.3) is 0 Å². The fraction of sp³-hybridized carbons (Fsp3) is 0.455. The van der Waals surface area contributed by atoms with Crippen LogP contribution in [0.1, 0.15) is 0 Å². The Hall–Kier alpha value is -1.74. The van der Waals surface area contributed by atoms with Crippen LogP contribution in [-0.2, 0) is 24.8 Å². The van der Waals surface area contributed by atoms with Gasteiger partial charge in [-0.1, -0.05) is 0 Å². The SMILES string of the molecule is O=S(=O)=O.OCCOCCOCCN(CCOCCO)c1ccc(N=Nc2c[c-]ccc2)cc1.[Na+]. The molecule has 2 N–H and O–H groups in total. The normalized spacial score (nSPS) is 10.3. The third kappa shape index (κ3) is 18.2. The number of aliphatic hydroxyl groups is 2. The summed E-state index contributed by atoms with van der Waals surface area (Å²) in [6.45, 7) is 4.00. The molecular formula is C22H30N3NaO8S. The van der Waals surface area contributed by atoms with Gasteiger partial charge in [0.05, 0.1) is 58.5 Å². The fourth-order valence-electron chi connectivity index (χ4n) is 2.56. The van der Waals surface area contributed by atoms with Crippen molar-refractivity contribution in [1.29, 1.82) is 0 Å². The third-order valence-electron chi connectivity index (χ3n) is 4.04. The minimum absolute atomic E-state index is 0. The number of aliphatic hydroxyl groups excluding tert-OH is 2. The van der Waals surface area contributed by atoms with Crippen molar-refractivity contribution in [3.05, 3.63) is 54.6 Å². The predicted octanol–water partition coefficient (Wildman–Crippen LogP) is -1.26. The van der Waals surface area contributed by atoms with Gasteiger partial charge in [-0.25, -0.2) is 5.11 Å². The molecule has 0 saturated carbocycles. The summed E-state index contributed by atoms with van der Waals surface area (Å²) in [6, 6.07) is 18.1. The van der Waals surface area contributed by atoms with Crippen molar-refractivity contribution in [2.24, 2.45) is 10.2 Å². The molecule has 35 heavy (non-hydrogen) atoms. The summed E-state index contributed by atoms with van der Waals surface area (Å²) in [6.07, 6.45) is 0. The first-order valence-corrected chi connectivity index (χ1v) is 11.5. The molecule has 0 radical (unpaired) electrons. The van der Waals surface area contributed by atoms with Gasteiger partial charge < -0.3 is 29.3 Å². The van der Waals surface area contributed by atoms with Crippen LogP contribution in [0.15, 0.2) is 58.8 Å². The Bertz CT molecular complexity index is 896. The van der Waals surface area contributed by atoms with E-state index in [-0.39, 0.29) is 42.8 Å². The number of benzene rings is 2. The Kier molecular flexibility index (Phi) is 21.6. The number of nitrogens with zero attached hydrogens (tertiary/aromatic N) is 3. The fourth-order valence-corrected chi connectivity index (χ4v) is 2.56. The van der Waals surface area contributed by atoms with E-state index in [1.165, 1.54) is 0 Å². The zero-order chi connectivity index (χ0) is 24.9. The van der Waals surface area contributed by atoms with Crippen LogP contribution in [0.5, 0.6) is 0 Å². The number of azo groups is 1. The summed E-state index contributed by atoms with van der Waals surface area (Å²) in [5.41, 5.74) is 2.54. The van der Waals surface area contributed by atoms with E-state index in [2.05, 4.69) is 21.2 Å². The molecule has 13 heteroatoms. The van der Waals surface area contributed by atoms with E-state index in [0.717, 1.165) is 17.1 Å². The topological polar surface area (TPSA) is 147 Å². The van der Waals surface area contributed by atoms with Crippen LogP contribution < -0.4 is 34.5 Å². The van der Waals surface area contributed by atoms with Gasteiger partial charge in [0.2, 0.25) is 0 Å². The second-order valence-corrected chi connectivity index (χ2v) is 6.86. The maximum absolute atomic E-state index is 8.87. The largest absolute Gasteiger partial charge is 1.00 e. The van der Waals surface area contributed by atoms with Gasteiger partial charge in [-0.2, -0.15) is 29.4 Å². The maximum atomic E-state index is 8.87. The number of anilines is 1. The molecule has 0 aliphatic carbocycles. The quantitative estimate of drug-likeness (QED) is 0.120. The molecule has 0 aliphatic heterocycles. The first-order chi connectivity index (χ1) is 16.6. The molecule has 0 amide bonds. The number of hydrogen-bond acceptors (Lipinski definition) is 11. The molecular weight excluding hydrogens is 489 g/mol. The number of hydrogen-bond donors (Lipinski definition) is 2. The van der Waals surface area contributed by atoms with Gasteiger partial charge in [0.1, 0.15) is 0 Å². The van der Waals surface area contributed by atoms with Crippen molar-refractivity contribution in [2.75, 3.05) is 70.8 Å². The molecule has 0 unspecified atom stereocenters. The predicted molar refractivity (Wildman–Crippen MR) is 124 cm³/mol.